The van der Waals surface area contributed by atoms with Crippen molar-refractivity contribution >= 4 is 16.9 Å². The van der Waals surface area contributed by atoms with Gasteiger partial charge in [-0.15, -0.1) is 5.10 Å². The molecule has 4 heterocycles. The monoisotopic (exact) mass is 415 g/mol. The predicted octanol–water partition coefficient (Wildman–Crippen LogP) is 3.04. The first-order valence-electron chi connectivity index (χ1n) is 10.6. The molecule has 3 aromatic heterocycles. The molecule has 0 spiro atoms. The Labute approximate surface area is 180 Å². The van der Waals surface area contributed by atoms with Crippen LogP contribution in [0.5, 0.6) is 0 Å². The van der Waals surface area contributed by atoms with E-state index in [1.54, 1.807) is 0 Å². The lowest BCUT2D eigenvalue weighted by Gasteiger charge is -2.28. The Morgan fingerprint density at radius 3 is 2.74 bits per heavy atom. The molecule has 1 saturated heterocycles. The Morgan fingerprint density at radius 1 is 1.10 bits per heavy atom. The van der Waals surface area contributed by atoms with E-state index in [1.165, 1.54) is 5.56 Å². The molecular formula is C23H25N7O. The predicted molar refractivity (Wildman–Crippen MR) is 119 cm³/mol. The maximum absolute atomic E-state index is 5.54. The van der Waals surface area contributed by atoms with E-state index in [0.29, 0.717) is 25.6 Å². The fourth-order valence-corrected chi connectivity index (χ4v) is 3.80. The van der Waals surface area contributed by atoms with Gasteiger partial charge in [-0.1, -0.05) is 35.9 Å². The van der Waals surface area contributed by atoms with Gasteiger partial charge < -0.3 is 9.64 Å². The Hall–Kier alpha value is -3.39. The van der Waals surface area contributed by atoms with E-state index in [4.69, 9.17) is 19.7 Å². The van der Waals surface area contributed by atoms with Crippen LogP contribution in [0, 0.1) is 6.92 Å². The number of aromatic nitrogens is 6. The molecule has 1 aliphatic heterocycles. The fourth-order valence-electron chi connectivity index (χ4n) is 3.80. The minimum Gasteiger partial charge on any atom is -0.378 e. The van der Waals surface area contributed by atoms with Crippen molar-refractivity contribution < 1.29 is 4.74 Å². The molecule has 0 bridgehead atoms. The lowest BCUT2D eigenvalue weighted by molar-refractivity contribution is 0.122. The summed E-state index contributed by atoms with van der Waals surface area (Å²) < 4.78 is 7.38. The molecule has 0 aliphatic carbocycles. The minimum absolute atomic E-state index is 0.604. The van der Waals surface area contributed by atoms with Gasteiger partial charge in [0.05, 0.1) is 31.0 Å². The molecule has 8 nitrogen and oxygen atoms in total. The maximum Gasteiger partial charge on any atom is 0.162 e. The number of anilines is 1. The van der Waals surface area contributed by atoms with Crippen LogP contribution in [0.3, 0.4) is 0 Å². The number of hydrogen-bond donors (Lipinski definition) is 0. The third kappa shape index (κ3) is 4.11. The van der Waals surface area contributed by atoms with Gasteiger partial charge in [0.15, 0.2) is 11.6 Å². The number of hydrogen-bond acceptors (Lipinski definition) is 7. The Kier molecular flexibility index (Phi) is 5.30. The average Bonchev–Trinajstić information content (AvgIpc) is 3.26. The second-order valence-electron chi connectivity index (χ2n) is 7.81. The van der Waals surface area contributed by atoms with Crippen LogP contribution in [0.4, 0.5) is 5.82 Å². The molecule has 1 fully saturated rings. The molecule has 0 atom stereocenters. The van der Waals surface area contributed by atoms with Crippen molar-refractivity contribution in [2.24, 2.45) is 0 Å². The normalized spacial score (nSPS) is 14.3. The van der Waals surface area contributed by atoms with Gasteiger partial charge in [-0.05, 0) is 31.0 Å². The molecule has 158 valence electrons. The largest absolute Gasteiger partial charge is 0.378 e. The topological polar surface area (TPSA) is 81.9 Å². The van der Waals surface area contributed by atoms with Crippen LogP contribution in [0.2, 0.25) is 0 Å². The highest BCUT2D eigenvalue weighted by Crippen LogP contribution is 2.28. The quantitative estimate of drug-likeness (QED) is 0.495. The van der Waals surface area contributed by atoms with E-state index in [1.807, 2.05) is 23.1 Å². The van der Waals surface area contributed by atoms with Gasteiger partial charge in [0.2, 0.25) is 0 Å². The Bertz CT molecular complexity index is 1210. The molecule has 1 aromatic carbocycles. The van der Waals surface area contributed by atoms with Crippen LogP contribution in [0.1, 0.15) is 23.7 Å². The van der Waals surface area contributed by atoms with Crippen LogP contribution >= 0.6 is 0 Å². The van der Waals surface area contributed by atoms with Crippen molar-refractivity contribution in [3.05, 3.63) is 59.5 Å². The van der Waals surface area contributed by atoms with Crippen molar-refractivity contribution in [2.75, 3.05) is 31.2 Å². The maximum atomic E-state index is 5.54. The van der Waals surface area contributed by atoms with Crippen LogP contribution in [0.25, 0.3) is 22.4 Å². The van der Waals surface area contributed by atoms with Gasteiger partial charge in [0, 0.05) is 31.0 Å². The zero-order valence-electron chi connectivity index (χ0n) is 17.8. The number of benzene rings is 1. The lowest BCUT2D eigenvalue weighted by Crippen LogP contribution is -2.37. The first kappa shape index (κ1) is 19.6. The van der Waals surface area contributed by atoms with Gasteiger partial charge in [0.1, 0.15) is 5.52 Å². The molecule has 0 radical (unpaired) electrons. The zero-order chi connectivity index (χ0) is 21.2. The van der Waals surface area contributed by atoms with Gasteiger partial charge in [-0.3, -0.25) is 4.98 Å². The molecule has 4 aromatic rings. The fraction of sp³-hybridized carbons (Fsp3) is 0.348. The number of ether oxygens (including phenoxy) is 1. The van der Waals surface area contributed by atoms with Crippen LogP contribution < -0.4 is 4.90 Å². The summed E-state index contributed by atoms with van der Waals surface area (Å²) in [5.74, 6) is 1.58. The summed E-state index contributed by atoms with van der Waals surface area (Å²) in [5, 5.41) is 8.39. The van der Waals surface area contributed by atoms with Crippen molar-refractivity contribution in [1.82, 2.24) is 29.9 Å². The average molecular weight is 416 g/mol. The molecular weight excluding hydrogens is 390 g/mol. The number of morpholine rings is 1. The van der Waals surface area contributed by atoms with Crippen LogP contribution in [-0.2, 0) is 17.7 Å². The second-order valence-corrected chi connectivity index (χ2v) is 7.81. The van der Waals surface area contributed by atoms with E-state index in [-0.39, 0.29) is 0 Å². The standard InChI is InChI=1S/C23H25N7O/c1-3-19-15-30(28-27-19)14-17-12-20-21(24-13-17)23(29-7-9-31-10-8-29)26-22(25-20)18-6-4-5-16(2)11-18/h4-6,11-13,15H,3,7-10,14H2,1-2H3. The van der Waals surface area contributed by atoms with E-state index in [0.717, 1.165) is 53.2 Å². The second kappa shape index (κ2) is 8.39. The lowest BCUT2D eigenvalue weighted by atomic mass is 10.1. The first-order chi connectivity index (χ1) is 15.2. The third-order valence-corrected chi connectivity index (χ3v) is 5.45. The van der Waals surface area contributed by atoms with Crippen molar-refractivity contribution in [1.29, 1.82) is 0 Å². The molecule has 8 heteroatoms. The number of fused-ring (bicyclic) bond motifs is 1. The summed E-state index contributed by atoms with van der Waals surface area (Å²) in [6.07, 6.45) is 4.72. The van der Waals surface area contributed by atoms with E-state index < -0.39 is 0 Å². The first-order valence-corrected chi connectivity index (χ1v) is 10.6. The summed E-state index contributed by atoms with van der Waals surface area (Å²) in [5.41, 5.74) is 5.84. The highest BCUT2D eigenvalue weighted by atomic mass is 16.5. The summed E-state index contributed by atoms with van der Waals surface area (Å²) in [6, 6.07) is 10.4. The van der Waals surface area contributed by atoms with E-state index >= 15 is 0 Å². The summed E-state index contributed by atoms with van der Waals surface area (Å²) in [7, 11) is 0. The smallest absolute Gasteiger partial charge is 0.162 e. The SMILES string of the molecule is CCc1cn(Cc2cnc3c(N4CCOCC4)nc(-c4cccc(C)c4)nc3c2)nn1. The summed E-state index contributed by atoms with van der Waals surface area (Å²) in [6.45, 7) is 7.72. The van der Waals surface area contributed by atoms with Gasteiger partial charge in [-0.25, -0.2) is 14.6 Å². The highest BCUT2D eigenvalue weighted by Gasteiger charge is 2.19. The minimum atomic E-state index is 0.604. The molecule has 0 unspecified atom stereocenters. The van der Waals surface area contributed by atoms with Crippen molar-refractivity contribution in [3.8, 4) is 11.4 Å². The molecule has 31 heavy (non-hydrogen) atoms. The molecule has 5 rings (SSSR count). The molecule has 1 aliphatic rings. The highest BCUT2D eigenvalue weighted by molar-refractivity contribution is 5.88. The van der Waals surface area contributed by atoms with Gasteiger partial charge in [-0.2, -0.15) is 0 Å². The number of rotatable bonds is 5. The van der Waals surface area contributed by atoms with E-state index in [9.17, 15) is 0 Å². The van der Waals surface area contributed by atoms with Crippen LogP contribution in [0.15, 0.2) is 42.7 Å². The Balaban J connectivity index is 1.59. The zero-order valence-corrected chi connectivity index (χ0v) is 17.8. The van der Waals surface area contributed by atoms with Gasteiger partial charge >= 0.3 is 0 Å². The Morgan fingerprint density at radius 2 is 1.97 bits per heavy atom. The van der Waals surface area contributed by atoms with E-state index in [2.05, 4.69) is 53.3 Å². The number of nitrogens with zero attached hydrogens (tertiary/aromatic N) is 7. The van der Waals surface area contributed by atoms with Crippen molar-refractivity contribution in [3.63, 3.8) is 0 Å². The molecule has 0 saturated carbocycles. The third-order valence-electron chi connectivity index (χ3n) is 5.45. The summed E-state index contributed by atoms with van der Waals surface area (Å²) >= 11 is 0. The molecule has 0 N–H and O–H groups in total. The number of aryl methyl sites for hydroxylation is 2. The van der Waals surface area contributed by atoms with Crippen LogP contribution in [-0.4, -0.2) is 56.2 Å². The number of pyridine rings is 1. The van der Waals surface area contributed by atoms with Crippen molar-refractivity contribution in [2.45, 2.75) is 26.8 Å². The molecule has 0 amide bonds. The summed E-state index contributed by atoms with van der Waals surface area (Å²) in [4.78, 5) is 16.8. The van der Waals surface area contributed by atoms with Gasteiger partial charge in [0.25, 0.3) is 0 Å².